The Bertz CT molecular complexity index is 1290. The minimum Gasteiger partial charge on any atom is -0.334 e. The lowest BCUT2D eigenvalue weighted by molar-refractivity contribution is 0.628. The quantitative estimate of drug-likeness (QED) is 0.526. The van der Waals surface area contributed by atoms with E-state index in [0.29, 0.717) is 11.6 Å². The van der Waals surface area contributed by atoms with Crippen LogP contribution in [0.25, 0.3) is 27.9 Å². The van der Waals surface area contributed by atoms with Crippen molar-refractivity contribution in [2.75, 3.05) is 5.32 Å². The Morgan fingerprint density at radius 1 is 1.00 bits per heavy atom. The molecule has 0 atom stereocenters. The summed E-state index contributed by atoms with van der Waals surface area (Å²) in [6, 6.07) is 18.0. The van der Waals surface area contributed by atoms with E-state index < -0.39 is 0 Å². The van der Waals surface area contributed by atoms with E-state index in [4.69, 9.17) is 0 Å². The highest BCUT2D eigenvalue weighted by atomic mass is 19.1. The van der Waals surface area contributed by atoms with Crippen molar-refractivity contribution in [2.45, 2.75) is 0 Å². The third-order valence-corrected chi connectivity index (χ3v) is 4.46. The van der Waals surface area contributed by atoms with E-state index >= 15 is 0 Å². The summed E-state index contributed by atoms with van der Waals surface area (Å²) in [5, 5.41) is 7.79. The van der Waals surface area contributed by atoms with E-state index in [1.54, 1.807) is 16.9 Å². The first kappa shape index (κ1) is 15.5. The van der Waals surface area contributed by atoms with Crippen LogP contribution in [0, 0.1) is 5.82 Å². The van der Waals surface area contributed by atoms with Gasteiger partial charge in [0, 0.05) is 18.3 Å². The molecule has 0 saturated heterocycles. The molecule has 132 valence electrons. The van der Waals surface area contributed by atoms with Crippen LogP contribution in [-0.2, 0) is 7.05 Å². The number of hydrogen-bond acceptors (Lipinski definition) is 4. The zero-order valence-corrected chi connectivity index (χ0v) is 14.5. The highest BCUT2D eigenvalue weighted by molar-refractivity contribution is 5.80. The van der Waals surface area contributed by atoms with Gasteiger partial charge in [-0.1, -0.05) is 18.2 Å². The molecule has 3 heterocycles. The first-order chi connectivity index (χ1) is 13.2. The van der Waals surface area contributed by atoms with Crippen LogP contribution in [0.4, 0.5) is 16.0 Å². The number of hydrogen-bond donors (Lipinski definition) is 1. The molecule has 0 saturated carbocycles. The average molecular weight is 358 g/mol. The molecule has 0 fully saturated rings. The monoisotopic (exact) mass is 358 g/mol. The Morgan fingerprint density at radius 2 is 1.89 bits per heavy atom. The van der Waals surface area contributed by atoms with Gasteiger partial charge in [-0.15, -0.1) is 5.10 Å². The van der Waals surface area contributed by atoms with E-state index in [-0.39, 0.29) is 5.82 Å². The zero-order chi connectivity index (χ0) is 18.4. The molecule has 7 heteroatoms. The summed E-state index contributed by atoms with van der Waals surface area (Å²) < 4.78 is 17.3. The maximum absolute atomic E-state index is 13.6. The summed E-state index contributed by atoms with van der Waals surface area (Å²) in [5.41, 5.74) is 5.02. The molecule has 0 unspecified atom stereocenters. The van der Waals surface area contributed by atoms with Crippen molar-refractivity contribution in [1.29, 1.82) is 0 Å². The molecule has 5 rings (SSSR count). The number of rotatable bonds is 3. The van der Waals surface area contributed by atoms with Gasteiger partial charge in [0.05, 0.1) is 23.1 Å². The van der Waals surface area contributed by atoms with Crippen LogP contribution in [0.15, 0.2) is 67.0 Å². The summed E-state index contributed by atoms with van der Waals surface area (Å²) in [6.45, 7) is 0. The van der Waals surface area contributed by atoms with Crippen molar-refractivity contribution in [3.8, 4) is 11.3 Å². The second-order valence-corrected chi connectivity index (χ2v) is 6.31. The van der Waals surface area contributed by atoms with Crippen LogP contribution in [-0.4, -0.2) is 24.1 Å². The molecule has 0 radical (unpaired) electrons. The van der Waals surface area contributed by atoms with Gasteiger partial charge < -0.3 is 9.88 Å². The molecule has 2 aromatic carbocycles. The fourth-order valence-corrected chi connectivity index (χ4v) is 3.16. The third-order valence-electron chi connectivity index (χ3n) is 4.46. The van der Waals surface area contributed by atoms with Gasteiger partial charge in [-0.25, -0.2) is 13.9 Å². The van der Waals surface area contributed by atoms with Gasteiger partial charge in [-0.3, -0.25) is 0 Å². The van der Waals surface area contributed by atoms with E-state index in [1.165, 1.54) is 12.1 Å². The number of halogens is 1. The van der Waals surface area contributed by atoms with Crippen molar-refractivity contribution in [2.24, 2.45) is 7.05 Å². The molecule has 0 aliphatic carbocycles. The molecular weight excluding hydrogens is 343 g/mol. The van der Waals surface area contributed by atoms with Crippen molar-refractivity contribution >= 4 is 28.3 Å². The second-order valence-electron chi connectivity index (χ2n) is 6.31. The number of anilines is 2. The van der Waals surface area contributed by atoms with Gasteiger partial charge in [-0.05, 0) is 42.5 Å². The molecule has 0 aliphatic heterocycles. The van der Waals surface area contributed by atoms with E-state index in [1.807, 2.05) is 54.1 Å². The molecule has 27 heavy (non-hydrogen) atoms. The molecule has 3 aromatic heterocycles. The number of imidazole rings is 1. The van der Waals surface area contributed by atoms with Crippen molar-refractivity contribution in [3.05, 3.63) is 72.8 Å². The second kappa shape index (κ2) is 5.91. The van der Waals surface area contributed by atoms with Crippen LogP contribution >= 0.6 is 0 Å². The summed E-state index contributed by atoms with van der Waals surface area (Å²) in [7, 11) is 1.95. The highest BCUT2D eigenvalue weighted by Crippen LogP contribution is 2.24. The lowest BCUT2D eigenvalue weighted by atomic mass is 10.1. The zero-order valence-electron chi connectivity index (χ0n) is 14.5. The molecular formula is C20H15FN6. The maximum Gasteiger partial charge on any atom is 0.247 e. The van der Waals surface area contributed by atoms with Crippen LogP contribution in [0.2, 0.25) is 0 Å². The van der Waals surface area contributed by atoms with E-state index in [9.17, 15) is 4.39 Å². The van der Waals surface area contributed by atoms with E-state index in [0.717, 1.165) is 28.0 Å². The molecule has 0 aliphatic rings. The van der Waals surface area contributed by atoms with Gasteiger partial charge in [0.15, 0.2) is 5.65 Å². The predicted molar refractivity (Wildman–Crippen MR) is 102 cm³/mol. The molecule has 5 aromatic rings. The summed E-state index contributed by atoms with van der Waals surface area (Å²) in [6.07, 6.45) is 1.78. The standard InChI is InChI=1S/C20H15FN6/c1-26-12-22-16-9-8-15(11-18(16)26)23-20-24-19-7-3-6-17(27(19)25-20)13-4-2-5-14(21)10-13/h2-12H,1H3,(H,23,25). The number of aromatic nitrogens is 5. The Labute approximate surface area is 153 Å². The summed E-state index contributed by atoms with van der Waals surface area (Å²) in [4.78, 5) is 8.85. The molecule has 6 nitrogen and oxygen atoms in total. The molecule has 0 spiro atoms. The number of nitrogens with one attached hydrogen (secondary N) is 1. The van der Waals surface area contributed by atoms with Gasteiger partial charge in [0.25, 0.3) is 0 Å². The largest absolute Gasteiger partial charge is 0.334 e. The number of pyridine rings is 1. The summed E-state index contributed by atoms with van der Waals surface area (Å²) >= 11 is 0. The first-order valence-electron chi connectivity index (χ1n) is 8.47. The fourth-order valence-electron chi connectivity index (χ4n) is 3.16. The van der Waals surface area contributed by atoms with Gasteiger partial charge in [-0.2, -0.15) is 4.98 Å². The topological polar surface area (TPSA) is 60.0 Å². The van der Waals surface area contributed by atoms with Crippen LogP contribution in [0.5, 0.6) is 0 Å². The minimum atomic E-state index is -0.285. The van der Waals surface area contributed by atoms with Gasteiger partial charge in [0.2, 0.25) is 5.95 Å². The smallest absolute Gasteiger partial charge is 0.247 e. The van der Waals surface area contributed by atoms with Crippen molar-refractivity contribution < 1.29 is 4.39 Å². The van der Waals surface area contributed by atoms with Crippen molar-refractivity contribution in [3.63, 3.8) is 0 Å². The minimum absolute atomic E-state index is 0.285. The Kier molecular flexibility index (Phi) is 3.39. The molecule has 1 N–H and O–H groups in total. The van der Waals surface area contributed by atoms with Crippen LogP contribution < -0.4 is 5.32 Å². The Morgan fingerprint density at radius 3 is 2.78 bits per heavy atom. The number of benzene rings is 2. The number of aryl methyl sites for hydroxylation is 1. The number of nitrogens with zero attached hydrogens (tertiary/aromatic N) is 5. The van der Waals surface area contributed by atoms with Crippen LogP contribution in [0.3, 0.4) is 0 Å². The molecule has 0 amide bonds. The SMILES string of the molecule is Cn1cnc2ccc(Nc3nc4cccc(-c5cccc(F)c5)n4n3)cc21. The first-order valence-corrected chi connectivity index (χ1v) is 8.47. The Hall–Kier alpha value is -3.74. The van der Waals surface area contributed by atoms with Gasteiger partial charge in [0.1, 0.15) is 5.82 Å². The van der Waals surface area contributed by atoms with Gasteiger partial charge >= 0.3 is 0 Å². The predicted octanol–water partition coefficient (Wildman–Crippen LogP) is 4.17. The normalized spacial score (nSPS) is 11.3. The maximum atomic E-state index is 13.6. The average Bonchev–Trinajstić information content (AvgIpc) is 3.24. The Balaban J connectivity index is 1.56. The van der Waals surface area contributed by atoms with Crippen LogP contribution in [0.1, 0.15) is 0 Å². The highest BCUT2D eigenvalue weighted by Gasteiger charge is 2.10. The number of fused-ring (bicyclic) bond motifs is 2. The van der Waals surface area contributed by atoms with E-state index in [2.05, 4.69) is 20.4 Å². The fraction of sp³-hybridized carbons (Fsp3) is 0.0500. The van der Waals surface area contributed by atoms with Crippen molar-refractivity contribution in [1.82, 2.24) is 24.1 Å². The third kappa shape index (κ3) is 2.69. The lowest BCUT2D eigenvalue weighted by Crippen LogP contribution is -1.96. The summed E-state index contributed by atoms with van der Waals surface area (Å²) in [5.74, 6) is 0.188. The molecule has 0 bridgehead atoms. The lowest BCUT2D eigenvalue weighted by Gasteiger charge is -2.04.